The number of β-amino-alcohol motifs (C(OH)–C–C–N with tert-alkyl or cyclic N) is 1. The molecule has 1 spiro atoms. The van der Waals surface area contributed by atoms with Crippen LogP contribution in [0, 0.1) is 25.7 Å². The standard InChI is InChI=1S/C27H32N2O6/c1-17-8-9-18(2)19(16-17)28-12-7-11-27-20(23(31)29(13-14-30)22(27)24(28)32)21-25(33)34-15-6-4-5-10-26(21,3)35-27/h5,7-11,16,20-22,30H,4,6,12-15H2,1-3H3/b10-5-/t20-,21+,22?,26-,27-/m0/s1. The maximum atomic E-state index is 14.2. The highest BCUT2D eigenvalue weighted by atomic mass is 16.6. The Bertz CT molecular complexity index is 1130. The maximum Gasteiger partial charge on any atom is 0.313 e. The van der Waals surface area contributed by atoms with E-state index in [9.17, 15) is 19.5 Å². The number of rotatable bonds is 3. The minimum Gasteiger partial charge on any atom is -0.465 e. The lowest BCUT2D eigenvalue weighted by Crippen LogP contribution is -2.56. The van der Waals surface area contributed by atoms with Crippen LogP contribution in [0.4, 0.5) is 5.69 Å². The number of cyclic esters (lactones) is 1. The third kappa shape index (κ3) is 3.53. The second-order valence-electron chi connectivity index (χ2n) is 10.1. The van der Waals surface area contributed by atoms with Gasteiger partial charge in [-0.1, -0.05) is 36.4 Å². The minimum atomic E-state index is -1.35. The van der Waals surface area contributed by atoms with Crippen molar-refractivity contribution >= 4 is 23.5 Å². The molecule has 8 nitrogen and oxygen atoms in total. The number of fused-ring (bicyclic) bond motifs is 2. The van der Waals surface area contributed by atoms with Gasteiger partial charge in [-0.05, 0) is 50.8 Å². The van der Waals surface area contributed by atoms with Crippen molar-refractivity contribution in [2.45, 2.75) is 50.9 Å². The van der Waals surface area contributed by atoms with E-state index in [1.807, 2.05) is 50.3 Å². The highest BCUT2D eigenvalue weighted by Gasteiger charge is 2.74. The molecule has 0 saturated carbocycles. The lowest BCUT2D eigenvalue weighted by Gasteiger charge is -2.37. The van der Waals surface area contributed by atoms with E-state index in [0.717, 1.165) is 23.2 Å². The van der Waals surface area contributed by atoms with Gasteiger partial charge in [0.25, 0.3) is 5.91 Å². The molecule has 1 unspecified atom stereocenters. The second kappa shape index (κ2) is 8.60. The number of carbonyl (C=O) groups excluding carboxylic acids is 3. The molecule has 0 bridgehead atoms. The predicted molar refractivity (Wildman–Crippen MR) is 129 cm³/mol. The third-order valence-corrected chi connectivity index (χ3v) is 7.75. The molecule has 4 heterocycles. The molecule has 2 saturated heterocycles. The van der Waals surface area contributed by atoms with E-state index >= 15 is 0 Å². The first kappa shape index (κ1) is 23.8. The highest BCUT2D eigenvalue weighted by Crippen LogP contribution is 2.57. The van der Waals surface area contributed by atoms with Gasteiger partial charge in [-0.3, -0.25) is 14.4 Å². The molecule has 4 aliphatic rings. The summed E-state index contributed by atoms with van der Waals surface area (Å²) < 4.78 is 12.2. The zero-order valence-electron chi connectivity index (χ0n) is 20.4. The Morgan fingerprint density at radius 1 is 1.09 bits per heavy atom. The molecule has 4 aliphatic heterocycles. The van der Waals surface area contributed by atoms with Crippen LogP contribution in [0.25, 0.3) is 0 Å². The van der Waals surface area contributed by atoms with E-state index in [0.29, 0.717) is 13.0 Å². The zero-order valence-corrected chi connectivity index (χ0v) is 20.4. The molecular weight excluding hydrogens is 448 g/mol. The molecule has 5 rings (SSSR count). The van der Waals surface area contributed by atoms with Crippen LogP contribution in [0.2, 0.25) is 0 Å². The number of nitrogens with zero attached hydrogens (tertiary/aromatic N) is 2. The van der Waals surface area contributed by atoms with Crippen LogP contribution < -0.4 is 4.90 Å². The number of ether oxygens (including phenoxy) is 2. The number of allylic oxidation sites excluding steroid dienone is 1. The summed E-state index contributed by atoms with van der Waals surface area (Å²) >= 11 is 0. The first-order valence-corrected chi connectivity index (χ1v) is 12.3. The van der Waals surface area contributed by atoms with Crippen LogP contribution >= 0.6 is 0 Å². The Labute approximate surface area is 205 Å². The molecule has 2 fully saturated rings. The molecule has 1 N–H and O–H groups in total. The fourth-order valence-electron chi connectivity index (χ4n) is 6.21. The number of carbonyl (C=O) groups is 3. The quantitative estimate of drug-likeness (QED) is 0.526. The molecule has 0 radical (unpaired) electrons. The smallest absolute Gasteiger partial charge is 0.313 e. The number of aliphatic hydroxyl groups excluding tert-OH is 1. The minimum absolute atomic E-state index is 0.0281. The molecule has 0 aromatic heterocycles. The molecule has 8 heteroatoms. The molecule has 1 aromatic carbocycles. The van der Waals surface area contributed by atoms with Crippen molar-refractivity contribution < 1.29 is 29.0 Å². The topological polar surface area (TPSA) is 96.4 Å². The SMILES string of the molecule is Cc1ccc(C)c(N2CC=C[C@]34O[C@@]5(C)/C=C\CCCOC(=O)[C@H]5[C@H]3C(=O)N(CCO)C4C2=O)c1. The summed E-state index contributed by atoms with van der Waals surface area (Å²) in [5.41, 5.74) is 0.262. The fraction of sp³-hybridized carbons (Fsp3) is 0.519. The first-order chi connectivity index (χ1) is 16.7. The summed E-state index contributed by atoms with van der Waals surface area (Å²) in [5.74, 6) is -2.99. The van der Waals surface area contributed by atoms with Crippen LogP contribution in [0.15, 0.2) is 42.5 Å². The van der Waals surface area contributed by atoms with Crippen molar-refractivity contribution in [3.63, 3.8) is 0 Å². The average Bonchev–Trinajstić information content (AvgIpc) is 3.15. The van der Waals surface area contributed by atoms with Gasteiger partial charge >= 0.3 is 5.97 Å². The van der Waals surface area contributed by atoms with Crippen molar-refractivity contribution in [3.05, 3.63) is 53.6 Å². The number of benzene rings is 1. The Morgan fingerprint density at radius 3 is 2.66 bits per heavy atom. The van der Waals surface area contributed by atoms with Gasteiger partial charge in [-0.15, -0.1) is 0 Å². The van der Waals surface area contributed by atoms with Crippen molar-refractivity contribution in [1.82, 2.24) is 4.90 Å². The number of anilines is 1. The van der Waals surface area contributed by atoms with Gasteiger partial charge in [0.05, 0.1) is 24.7 Å². The second-order valence-corrected chi connectivity index (χ2v) is 10.1. The Balaban J connectivity index is 1.66. The lowest BCUT2D eigenvalue weighted by atomic mass is 9.74. The summed E-state index contributed by atoms with van der Waals surface area (Å²) in [6.07, 6.45) is 8.88. The molecule has 186 valence electrons. The first-order valence-electron chi connectivity index (χ1n) is 12.3. The number of hydrogen-bond acceptors (Lipinski definition) is 6. The highest BCUT2D eigenvalue weighted by molar-refractivity contribution is 6.06. The van der Waals surface area contributed by atoms with Gasteiger partial charge in [0, 0.05) is 18.8 Å². The Hall–Kier alpha value is -2.97. The molecular formula is C27H32N2O6. The average molecular weight is 481 g/mol. The van der Waals surface area contributed by atoms with Gasteiger partial charge in [-0.25, -0.2) is 0 Å². The summed E-state index contributed by atoms with van der Waals surface area (Å²) in [7, 11) is 0. The third-order valence-electron chi connectivity index (χ3n) is 7.75. The van der Waals surface area contributed by atoms with Crippen LogP contribution in [0.1, 0.15) is 30.9 Å². The van der Waals surface area contributed by atoms with Crippen molar-refractivity contribution in [2.75, 3.05) is 31.2 Å². The zero-order chi connectivity index (χ0) is 25.0. The largest absolute Gasteiger partial charge is 0.465 e. The number of amides is 2. The van der Waals surface area contributed by atoms with E-state index in [4.69, 9.17) is 9.47 Å². The number of likely N-dealkylation sites (tertiary alicyclic amines) is 1. The van der Waals surface area contributed by atoms with Crippen LogP contribution in [0.3, 0.4) is 0 Å². The van der Waals surface area contributed by atoms with Crippen LogP contribution in [-0.2, 0) is 23.9 Å². The van der Waals surface area contributed by atoms with Crippen LogP contribution in [0.5, 0.6) is 0 Å². The molecule has 1 aromatic rings. The number of aryl methyl sites for hydroxylation is 2. The summed E-state index contributed by atoms with van der Waals surface area (Å²) in [6.45, 7) is 5.94. The fourth-order valence-corrected chi connectivity index (χ4v) is 6.21. The molecule has 2 amide bonds. The number of esters is 1. The van der Waals surface area contributed by atoms with E-state index in [2.05, 4.69) is 0 Å². The monoisotopic (exact) mass is 480 g/mol. The number of hydrogen-bond donors (Lipinski definition) is 1. The lowest BCUT2D eigenvalue weighted by molar-refractivity contribution is -0.158. The van der Waals surface area contributed by atoms with E-state index in [1.54, 1.807) is 17.9 Å². The Kier molecular flexibility index (Phi) is 5.84. The number of aliphatic hydroxyl groups is 1. The van der Waals surface area contributed by atoms with Crippen molar-refractivity contribution in [2.24, 2.45) is 11.8 Å². The van der Waals surface area contributed by atoms with Gasteiger partial charge in [0.15, 0.2) is 0 Å². The summed E-state index contributed by atoms with van der Waals surface area (Å²) in [6, 6.07) is 4.90. The molecule has 0 aliphatic carbocycles. The van der Waals surface area contributed by atoms with E-state index in [-0.39, 0.29) is 31.6 Å². The molecule has 35 heavy (non-hydrogen) atoms. The van der Waals surface area contributed by atoms with Gasteiger partial charge < -0.3 is 24.4 Å². The normalized spacial score (nSPS) is 35.4. The van der Waals surface area contributed by atoms with Gasteiger partial charge in [0.2, 0.25) is 5.91 Å². The van der Waals surface area contributed by atoms with Crippen LogP contribution in [-0.4, -0.2) is 71.3 Å². The summed E-state index contributed by atoms with van der Waals surface area (Å²) in [4.78, 5) is 44.5. The summed E-state index contributed by atoms with van der Waals surface area (Å²) in [5, 5.41) is 9.79. The van der Waals surface area contributed by atoms with Gasteiger partial charge in [0.1, 0.15) is 17.6 Å². The Morgan fingerprint density at radius 2 is 1.89 bits per heavy atom. The van der Waals surface area contributed by atoms with E-state index in [1.165, 1.54) is 4.90 Å². The maximum absolute atomic E-state index is 14.2. The van der Waals surface area contributed by atoms with Gasteiger partial charge in [-0.2, -0.15) is 0 Å². The van der Waals surface area contributed by atoms with Crippen molar-refractivity contribution in [1.29, 1.82) is 0 Å². The van der Waals surface area contributed by atoms with Crippen molar-refractivity contribution in [3.8, 4) is 0 Å². The molecule has 5 atom stereocenters. The predicted octanol–water partition coefficient (Wildman–Crippen LogP) is 2.06. The van der Waals surface area contributed by atoms with E-state index < -0.39 is 35.0 Å².